The Balaban J connectivity index is 1.94. The van der Waals surface area contributed by atoms with Gasteiger partial charge in [0.1, 0.15) is 0 Å². The SMILES string of the molecule is C=CC1(C)CCC2C(C)(CCC3C(C)(C)CCCC32C)O1. The monoisotopic (exact) mass is 290 g/mol. The van der Waals surface area contributed by atoms with Gasteiger partial charge in [-0.25, -0.2) is 0 Å². The predicted molar refractivity (Wildman–Crippen MR) is 89.3 cm³/mol. The van der Waals surface area contributed by atoms with E-state index in [2.05, 4.69) is 41.2 Å². The predicted octanol–water partition coefficient (Wildman–Crippen LogP) is 5.74. The highest BCUT2D eigenvalue weighted by molar-refractivity contribution is 5.12. The Hall–Kier alpha value is -0.300. The molecule has 120 valence electrons. The van der Waals surface area contributed by atoms with Gasteiger partial charge in [0.2, 0.25) is 0 Å². The molecule has 0 amide bonds. The van der Waals surface area contributed by atoms with Crippen molar-refractivity contribution in [3.05, 3.63) is 12.7 Å². The lowest BCUT2D eigenvalue weighted by molar-refractivity contribution is -0.252. The fourth-order valence-electron chi connectivity index (χ4n) is 6.52. The molecule has 0 aromatic carbocycles. The van der Waals surface area contributed by atoms with Crippen molar-refractivity contribution >= 4 is 0 Å². The number of hydrogen-bond donors (Lipinski definition) is 0. The van der Waals surface area contributed by atoms with Gasteiger partial charge >= 0.3 is 0 Å². The summed E-state index contributed by atoms with van der Waals surface area (Å²) >= 11 is 0. The first-order valence-corrected chi connectivity index (χ1v) is 8.99. The summed E-state index contributed by atoms with van der Waals surface area (Å²) in [6.45, 7) is 16.2. The van der Waals surface area contributed by atoms with Gasteiger partial charge in [-0.15, -0.1) is 6.58 Å². The summed E-state index contributed by atoms with van der Waals surface area (Å²) in [4.78, 5) is 0. The van der Waals surface area contributed by atoms with E-state index in [1.54, 1.807) is 0 Å². The molecular weight excluding hydrogens is 256 g/mol. The highest BCUT2D eigenvalue weighted by Gasteiger charge is 2.61. The summed E-state index contributed by atoms with van der Waals surface area (Å²) in [6, 6.07) is 0. The second-order valence-corrected chi connectivity index (χ2v) is 9.46. The van der Waals surface area contributed by atoms with Crippen LogP contribution < -0.4 is 0 Å². The maximum Gasteiger partial charge on any atom is 0.0839 e. The molecule has 1 heterocycles. The minimum atomic E-state index is -0.112. The molecule has 1 saturated heterocycles. The maximum atomic E-state index is 6.68. The molecule has 0 aromatic rings. The molecule has 2 aliphatic carbocycles. The van der Waals surface area contributed by atoms with Crippen molar-refractivity contribution in [2.75, 3.05) is 0 Å². The highest BCUT2D eigenvalue weighted by Crippen LogP contribution is 2.65. The Kier molecular flexibility index (Phi) is 3.41. The molecular formula is C20H34O. The van der Waals surface area contributed by atoms with E-state index in [0.29, 0.717) is 10.8 Å². The number of ether oxygens (including phenoxy) is 1. The first kappa shape index (κ1) is 15.6. The van der Waals surface area contributed by atoms with E-state index in [1.807, 2.05) is 6.08 Å². The van der Waals surface area contributed by atoms with Gasteiger partial charge in [0, 0.05) is 0 Å². The Morgan fingerprint density at radius 1 is 0.905 bits per heavy atom. The van der Waals surface area contributed by atoms with Crippen LogP contribution in [0.1, 0.15) is 79.6 Å². The van der Waals surface area contributed by atoms with Gasteiger partial charge in [0.05, 0.1) is 11.2 Å². The van der Waals surface area contributed by atoms with E-state index in [0.717, 1.165) is 18.3 Å². The Bertz CT molecular complexity index is 439. The minimum absolute atomic E-state index is 0.0554. The summed E-state index contributed by atoms with van der Waals surface area (Å²) in [5, 5.41) is 0. The molecule has 0 bridgehead atoms. The fourth-order valence-corrected chi connectivity index (χ4v) is 6.52. The minimum Gasteiger partial charge on any atom is -0.365 e. The number of rotatable bonds is 1. The van der Waals surface area contributed by atoms with Gasteiger partial charge in [-0.2, -0.15) is 0 Å². The quantitative estimate of drug-likeness (QED) is 0.559. The van der Waals surface area contributed by atoms with Crippen LogP contribution in [-0.4, -0.2) is 11.2 Å². The summed E-state index contributed by atoms with van der Waals surface area (Å²) in [7, 11) is 0. The van der Waals surface area contributed by atoms with E-state index in [9.17, 15) is 0 Å². The van der Waals surface area contributed by atoms with Crippen LogP contribution in [0.25, 0.3) is 0 Å². The lowest BCUT2D eigenvalue weighted by Gasteiger charge is -2.65. The lowest BCUT2D eigenvalue weighted by atomic mass is 9.44. The van der Waals surface area contributed by atoms with Gasteiger partial charge in [0.15, 0.2) is 0 Å². The first-order chi connectivity index (χ1) is 9.65. The van der Waals surface area contributed by atoms with Crippen LogP contribution in [0, 0.1) is 22.7 Å². The zero-order valence-corrected chi connectivity index (χ0v) is 14.8. The van der Waals surface area contributed by atoms with Gasteiger partial charge < -0.3 is 4.74 Å². The molecule has 5 atom stereocenters. The second kappa shape index (κ2) is 4.60. The zero-order valence-electron chi connectivity index (χ0n) is 14.8. The van der Waals surface area contributed by atoms with Crippen LogP contribution in [0.3, 0.4) is 0 Å². The third-order valence-electron chi connectivity index (χ3n) is 7.57. The molecule has 21 heavy (non-hydrogen) atoms. The molecule has 3 fully saturated rings. The molecule has 0 aromatic heterocycles. The summed E-state index contributed by atoms with van der Waals surface area (Å²) < 4.78 is 6.68. The van der Waals surface area contributed by atoms with Crippen LogP contribution in [0.15, 0.2) is 12.7 Å². The van der Waals surface area contributed by atoms with E-state index < -0.39 is 0 Å². The molecule has 0 N–H and O–H groups in total. The molecule has 1 heteroatoms. The van der Waals surface area contributed by atoms with Gasteiger partial charge in [-0.1, -0.05) is 33.3 Å². The van der Waals surface area contributed by atoms with Gasteiger partial charge in [-0.05, 0) is 75.0 Å². The van der Waals surface area contributed by atoms with E-state index in [4.69, 9.17) is 4.74 Å². The largest absolute Gasteiger partial charge is 0.365 e. The van der Waals surface area contributed by atoms with Crippen molar-refractivity contribution < 1.29 is 4.74 Å². The van der Waals surface area contributed by atoms with Crippen molar-refractivity contribution in [2.45, 2.75) is 90.8 Å². The van der Waals surface area contributed by atoms with Crippen LogP contribution in [0.5, 0.6) is 0 Å². The average Bonchev–Trinajstić information content (AvgIpc) is 2.36. The molecule has 2 saturated carbocycles. The summed E-state index contributed by atoms with van der Waals surface area (Å²) in [5.41, 5.74) is 0.920. The molecule has 0 radical (unpaired) electrons. The molecule has 3 aliphatic rings. The molecule has 5 unspecified atom stereocenters. The zero-order chi connectivity index (χ0) is 15.5. The third-order valence-corrected chi connectivity index (χ3v) is 7.57. The fraction of sp³-hybridized carbons (Fsp3) is 0.900. The van der Waals surface area contributed by atoms with Gasteiger partial charge in [0.25, 0.3) is 0 Å². The second-order valence-electron chi connectivity index (χ2n) is 9.46. The summed E-state index contributed by atoms with van der Waals surface area (Å²) in [5.74, 6) is 1.59. The Labute approximate surface area is 131 Å². The van der Waals surface area contributed by atoms with E-state index in [-0.39, 0.29) is 11.2 Å². The standard InChI is InChI=1S/C20H34O/c1-7-18(4)13-9-16-19(5)12-8-11-17(2,3)15(19)10-14-20(16,6)21-18/h7,15-16H,1,8-14H2,2-6H3. The normalized spacial score (nSPS) is 52.6. The maximum absolute atomic E-state index is 6.68. The van der Waals surface area contributed by atoms with Crippen molar-refractivity contribution in [3.8, 4) is 0 Å². The van der Waals surface area contributed by atoms with Gasteiger partial charge in [-0.3, -0.25) is 0 Å². The smallest absolute Gasteiger partial charge is 0.0839 e. The first-order valence-electron chi connectivity index (χ1n) is 8.99. The Morgan fingerprint density at radius 3 is 2.24 bits per heavy atom. The molecule has 1 nitrogen and oxygen atoms in total. The molecule has 0 spiro atoms. The third kappa shape index (κ3) is 2.22. The lowest BCUT2D eigenvalue weighted by Crippen LogP contribution is -2.62. The molecule has 1 aliphatic heterocycles. The van der Waals surface area contributed by atoms with Crippen LogP contribution >= 0.6 is 0 Å². The van der Waals surface area contributed by atoms with E-state index in [1.165, 1.54) is 38.5 Å². The number of hydrogen-bond acceptors (Lipinski definition) is 1. The van der Waals surface area contributed by atoms with Crippen LogP contribution in [-0.2, 0) is 4.74 Å². The highest BCUT2D eigenvalue weighted by atomic mass is 16.5. The van der Waals surface area contributed by atoms with Crippen LogP contribution in [0.4, 0.5) is 0 Å². The van der Waals surface area contributed by atoms with Crippen molar-refractivity contribution in [2.24, 2.45) is 22.7 Å². The summed E-state index contributed by atoms with van der Waals surface area (Å²) in [6.07, 6.45) is 11.2. The molecule has 3 rings (SSSR count). The van der Waals surface area contributed by atoms with Crippen LogP contribution in [0.2, 0.25) is 0 Å². The van der Waals surface area contributed by atoms with Crippen molar-refractivity contribution in [1.82, 2.24) is 0 Å². The Morgan fingerprint density at radius 2 is 1.57 bits per heavy atom. The van der Waals surface area contributed by atoms with E-state index >= 15 is 0 Å². The topological polar surface area (TPSA) is 9.23 Å². The number of fused-ring (bicyclic) bond motifs is 3. The average molecular weight is 290 g/mol. The van der Waals surface area contributed by atoms with Crippen molar-refractivity contribution in [3.63, 3.8) is 0 Å². The van der Waals surface area contributed by atoms with Crippen molar-refractivity contribution in [1.29, 1.82) is 0 Å².